The smallest absolute Gasteiger partial charge is 0.316 e. The second-order valence-corrected chi connectivity index (χ2v) is 18.3. The lowest BCUT2D eigenvalue weighted by atomic mass is 9.72. The topological polar surface area (TPSA) is 160 Å². The molecule has 2 aromatic heterocycles. The summed E-state index contributed by atoms with van der Waals surface area (Å²) in [6.07, 6.45) is 0.945. The summed E-state index contributed by atoms with van der Waals surface area (Å²) in [5.74, 6) is 3.22. The van der Waals surface area contributed by atoms with E-state index in [9.17, 15) is 8.42 Å². The number of anilines is 2. The Morgan fingerprint density at radius 3 is 1.98 bits per heavy atom. The maximum absolute atomic E-state index is 13.6. The number of rotatable bonds is 16. The van der Waals surface area contributed by atoms with Gasteiger partial charge in [-0.3, -0.25) is 14.5 Å². The van der Waals surface area contributed by atoms with Crippen molar-refractivity contribution in [3.05, 3.63) is 131 Å². The third-order valence-electron chi connectivity index (χ3n) is 9.20. The zero-order chi connectivity index (χ0) is 45.3. The van der Waals surface area contributed by atoms with Crippen molar-refractivity contribution in [2.75, 3.05) is 30.8 Å². The highest BCUT2D eigenvalue weighted by Crippen LogP contribution is 2.39. The summed E-state index contributed by atoms with van der Waals surface area (Å²) in [6, 6.07) is 34.0. The summed E-state index contributed by atoms with van der Waals surface area (Å²) in [5, 5.41) is 7.74. The lowest BCUT2D eigenvalue weighted by Gasteiger charge is -2.33. The maximum Gasteiger partial charge on any atom is 0.316 e. The molecule has 332 valence electrons. The molecular weight excluding hydrogens is 864 g/mol. The van der Waals surface area contributed by atoms with Crippen LogP contribution in [0.3, 0.4) is 0 Å². The molecule has 14 nitrogen and oxygen atoms in total. The SMILES string of the molecule is COC.COc1ccc(Oc2ccc(NS(=O)Oc3cc(C(C)(C)CC(C)(C)C)ccc3C)cc2OS(=O)Nc2cccc(-c3nc4c(Cl)c(Oc5ccccc5)nn4[nH]3)c2)cc1. The summed E-state index contributed by atoms with van der Waals surface area (Å²) in [5.41, 5.74) is 3.74. The Labute approximate surface area is 377 Å². The first kappa shape index (κ1) is 46.4. The largest absolute Gasteiger partial charge is 0.497 e. The van der Waals surface area contributed by atoms with Gasteiger partial charge in [0, 0.05) is 25.8 Å². The zero-order valence-corrected chi connectivity index (χ0v) is 38.9. The van der Waals surface area contributed by atoms with Crippen molar-refractivity contribution >= 4 is 51.2 Å². The average molecular weight is 916 g/mol. The van der Waals surface area contributed by atoms with Gasteiger partial charge in [-0.15, -0.1) is 9.73 Å². The minimum Gasteiger partial charge on any atom is -0.497 e. The number of ether oxygens (including phenoxy) is 4. The number of aromatic amines is 1. The van der Waals surface area contributed by atoms with E-state index >= 15 is 0 Å². The number of halogens is 1. The van der Waals surface area contributed by atoms with Crippen molar-refractivity contribution in [2.24, 2.45) is 5.41 Å². The fraction of sp³-hybridized carbons (Fsp3) is 0.261. The van der Waals surface area contributed by atoms with E-state index in [0.29, 0.717) is 51.4 Å². The Hall–Kier alpha value is -6.07. The van der Waals surface area contributed by atoms with Crippen molar-refractivity contribution < 1.29 is 35.7 Å². The van der Waals surface area contributed by atoms with Gasteiger partial charge in [-0.25, -0.2) is 4.98 Å². The van der Waals surface area contributed by atoms with Crippen molar-refractivity contribution in [2.45, 2.75) is 53.4 Å². The van der Waals surface area contributed by atoms with E-state index in [1.807, 2.05) is 43.3 Å². The molecule has 5 aromatic carbocycles. The van der Waals surface area contributed by atoms with Gasteiger partial charge in [-0.1, -0.05) is 88.7 Å². The first-order valence-electron chi connectivity index (χ1n) is 19.7. The molecule has 0 fully saturated rings. The molecule has 2 unspecified atom stereocenters. The van der Waals surface area contributed by atoms with E-state index in [-0.39, 0.29) is 33.2 Å². The van der Waals surface area contributed by atoms with E-state index in [0.717, 1.165) is 17.5 Å². The number of aryl methyl sites for hydroxylation is 1. The van der Waals surface area contributed by atoms with Crippen LogP contribution in [0.4, 0.5) is 11.4 Å². The highest BCUT2D eigenvalue weighted by Gasteiger charge is 2.28. The summed E-state index contributed by atoms with van der Waals surface area (Å²) in [4.78, 5) is 4.62. The molecule has 17 heteroatoms. The maximum atomic E-state index is 13.6. The lowest BCUT2D eigenvalue weighted by molar-refractivity contribution is 0.277. The number of fused-ring (bicyclic) bond motifs is 1. The number of methoxy groups -OCH3 is 2. The Balaban J connectivity index is 0.00000214. The number of para-hydroxylation sites is 1. The second kappa shape index (κ2) is 20.4. The monoisotopic (exact) mass is 914 g/mol. The van der Waals surface area contributed by atoms with Crippen LogP contribution in [0.5, 0.6) is 40.4 Å². The van der Waals surface area contributed by atoms with Crippen molar-refractivity contribution in [1.29, 1.82) is 0 Å². The molecule has 0 aliphatic carbocycles. The third-order valence-corrected chi connectivity index (χ3v) is 11.0. The van der Waals surface area contributed by atoms with Gasteiger partial charge in [0.25, 0.3) is 5.88 Å². The van der Waals surface area contributed by atoms with E-state index in [1.165, 1.54) is 10.7 Å². The van der Waals surface area contributed by atoms with Crippen LogP contribution >= 0.6 is 11.6 Å². The van der Waals surface area contributed by atoms with Gasteiger partial charge >= 0.3 is 22.5 Å². The minimum absolute atomic E-state index is 0.0901. The molecule has 0 amide bonds. The van der Waals surface area contributed by atoms with Gasteiger partial charge in [-0.05, 0) is 102 Å². The van der Waals surface area contributed by atoms with Crippen LogP contribution in [0.15, 0.2) is 115 Å². The second-order valence-electron chi connectivity index (χ2n) is 16.2. The number of nitrogens with zero attached hydrogens (tertiary/aromatic N) is 3. The highest BCUT2D eigenvalue weighted by atomic mass is 35.5. The first-order chi connectivity index (χ1) is 30.0. The van der Waals surface area contributed by atoms with Crippen LogP contribution in [0.1, 0.15) is 52.2 Å². The first-order valence-corrected chi connectivity index (χ1v) is 22.2. The van der Waals surface area contributed by atoms with Crippen LogP contribution in [0.2, 0.25) is 5.02 Å². The molecule has 7 aromatic rings. The van der Waals surface area contributed by atoms with Gasteiger partial charge in [0.05, 0.1) is 18.5 Å². The fourth-order valence-electron chi connectivity index (χ4n) is 6.73. The molecule has 7 rings (SSSR count). The number of hydrogen-bond acceptors (Lipinski definition) is 10. The van der Waals surface area contributed by atoms with Crippen molar-refractivity contribution in [1.82, 2.24) is 19.8 Å². The van der Waals surface area contributed by atoms with Crippen LogP contribution in [0.25, 0.3) is 17.0 Å². The van der Waals surface area contributed by atoms with Gasteiger partial charge < -0.3 is 27.3 Å². The van der Waals surface area contributed by atoms with E-state index in [2.05, 4.69) is 70.0 Å². The van der Waals surface area contributed by atoms with Crippen LogP contribution in [-0.2, 0) is 32.7 Å². The molecule has 0 aliphatic rings. The summed E-state index contributed by atoms with van der Waals surface area (Å²) in [6.45, 7) is 12.9. The number of benzene rings is 5. The van der Waals surface area contributed by atoms with Crippen LogP contribution in [0, 0.1) is 12.3 Å². The molecule has 2 heterocycles. The molecule has 0 saturated heterocycles. The number of aromatic nitrogens is 4. The third kappa shape index (κ3) is 12.5. The predicted octanol–water partition coefficient (Wildman–Crippen LogP) is 11.4. The molecule has 0 bridgehead atoms. The van der Waals surface area contributed by atoms with E-state index in [4.69, 9.17) is 34.2 Å². The Kier molecular flexibility index (Phi) is 15.0. The van der Waals surface area contributed by atoms with Gasteiger partial charge in [0.2, 0.25) is 0 Å². The average Bonchev–Trinajstić information content (AvgIpc) is 3.78. The Morgan fingerprint density at radius 1 is 0.698 bits per heavy atom. The van der Waals surface area contributed by atoms with Crippen molar-refractivity contribution in [3.8, 4) is 51.8 Å². The number of hydrogen-bond donors (Lipinski definition) is 3. The number of H-pyrrole nitrogens is 1. The number of nitrogens with one attached hydrogen (secondary N) is 3. The Morgan fingerprint density at radius 2 is 1.33 bits per heavy atom. The van der Waals surface area contributed by atoms with Crippen LogP contribution in [-0.4, -0.2) is 49.6 Å². The summed E-state index contributed by atoms with van der Waals surface area (Å²) < 4.78 is 67.6. The lowest BCUT2D eigenvalue weighted by Crippen LogP contribution is -2.25. The molecule has 0 radical (unpaired) electrons. The predicted molar refractivity (Wildman–Crippen MR) is 250 cm³/mol. The summed E-state index contributed by atoms with van der Waals surface area (Å²) in [7, 11) is 4.83. The van der Waals surface area contributed by atoms with Crippen molar-refractivity contribution in [3.63, 3.8) is 0 Å². The van der Waals surface area contributed by atoms with Gasteiger partial charge in [0.1, 0.15) is 23.0 Å². The van der Waals surface area contributed by atoms with Gasteiger partial charge in [0.15, 0.2) is 28.0 Å². The fourth-order valence-corrected chi connectivity index (χ4v) is 8.29. The molecular formula is C46H51ClN6O8S2. The molecule has 0 saturated carbocycles. The molecule has 0 aliphatic heterocycles. The highest BCUT2D eigenvalue weighted by molar-refractivity contribution is 7.82. The van der Waals surface area contributed by atoms with E-state index in [1.54, 1.807) is 88.1 Å². The quantitative estimate of drug-likeness (QED) is 0.0851. The van der Waals surface area contributed by atoms with Gasteiger partial charge in [-0.2, -0.15) is 8.42 Å². The standard InChI is InChI=1S/C44H45ClN6O7S2.C2H6O/c1-28-16-17-30(44(5,6)27-43(2,3)4)25-37(28)57-59(52)50-32-18-23-36(55-35-21-19-33(54-7)20-22-35)38(26-32)58-60(53)49-31-13-11-12-29(24-31)40-46-41-39(45)42(48-51(41)47-40)56-34-14-9-8-10-15-34;1-3-2/h8-26,49-50H,27H2,1-7H3,(H,46,47);1-2H3. The molecule has 0 spiro atoms. The zero-order valence-electron chi connectivity index (χ0n) is 36.5. The summed E-state index contributed by atoms with van der Waals surface area (Å²) >= 11 is 2.43. The minimum atomic E-state index is -2.14. The van der Waals surface area contributed by atoms with E-state index < -0.39 is 22.5 Å². The normalized spacial score (nSPS) is 12.4. The molecule has 63 heavy (non-hydrogen) atoms. The molecule has 2 atom stereocenters. The molecule has 3 N–H and O–H groups in total. The Bertz CT molecular complexity index is 2680. The van der Waals surface area contributed by atoms with Crippen LogP contribution < -0.4 is 32.0 Å².